The van der Waals surface area contributed by atoms with Gasteiger partial charge in [-0.25, -0.2) is 0 Å². The summed E-state index contributed by atoms with van der Waals surface area (Å²) in [6, 6.07) is 4.52. The van der Waals surface area contributed by atoms with Crippen molar-refractivity contribution in [2.45, 2.75) is 64.0 Å². The molecule has 1 aliphatic carbocycles. The predicted octanol–water partition coefficient (Wildman–Crippen LogP) is 3.19. The van der Waals surface area contributed by atoms with Crippen LogP contribution in [0.15, 0.2) is 12.1 Å². The minimum absolute atomic E-state index is 0. The summed E-state index contributed by atoms with van der Waals surface area (Å²) in [6.07, 6.45) is 4.99. The molecule has 2 aliphatic heterocycles. The van der Waals surface area contributed by atoms with Crippen molar-refractivity contribution < 1.29 is 14.3 Å². The normalized spacial score (nSPS) is 28.1. The number of carbonyl (C=O) groups excluding carboxylic acids is 1. The molecular formula is C21H31ClN2O3. The maximum Gasteiger partial charge on any atom is 0.220 e. The van der Waals surface area contributed by atoms with Crippen molar-refractivity contribution in [3.63, 3.8) is 0 Å². The molecule has 0 radical (unpaired) electrons. The average Bonchev–Trinajstić information content (AvgIpc) is 3.02. The van der Waals surface area contributed by atoms with Crippen molar-refractivity contribution in [3.8, 4) is 11.5 Å². The fourth-order valence-corrected chi connectivity index (χ4v) is 4.30. The van der Waals surface area contributed by atoms with E-state index in [4.69, 9.17) is 9.47 Å². The highest BCUT2D eigenvalue weighted by Gasteiger charge is 2.42. The van der Waals surface area contributed by atoms with E-state index in [2.05, 4.69) is 29.7 Å². The van der Waals surface area contributed by atoms with Gasteiger partial charge < -0.3 is 20.1 Å². The zero-order valence-electron chi connectivity index (χ0n) is 16.3. The number of fused-ring (bicyclic) bond motifs is 1. The minimum Gasteiger partial charge on any atom is -0.494 e. The van der Waals surface area contributed by atoms with Crippen LogP contribution in [0.3, 0.4) is 0 Å². The molecule has 1 aromatic carbocycles. The number of halogens is 1. The lowest BCUT2D eigenvalue weighted by Crippen LogP contribution is -2.27. The molecule has 2 N–H and O–H groups in total. The van der Waals surface area contributed by atoms with Crippen LogP contribution in [0.2, 0.25) is 0 Å². The van der Waals surface area contributed by atoms with Crippen molar-refractivity contribution in [1.82, 2.24) is 10.6 Å². The number of hydrogen-bond acceptors (Lipinski definition) is 4. The molecule has 2 fully saturated rings. The summed E-state index contributed by atoms with van der Waals surface area (Å²) in [4.78, 5) is 12.3. The number of ether oxygens (including phenoxy) is 2. The molecule has 0 spiro atoms. The Hall–Kier alpha value is -1.46. The molecule has 4 unspecified atom stereocenters. The van der Waals surface area contributed by atoms with Gasteiger partial charge in [-0.3, -0.25) is 4.79 Å². The Labute approximate surface area is 168 Å². The first-order valence-corrected chi connectivity index (χ1v) is 10.1. The van der Waals surface area contributed by atoms with Gasteiger partial charge in [0.15, 0.2) is 0 Å². The summed E-state index contributed by atoms with van der Waals surface area (Å²) in [6.45, 7) is 6.92. The Morgan fingerprint density at radius 1 is 1.41 bits per heavy atom. The van der Waals surface area contributed by atoms with E-state index < -0.39 is 0 Å². The molecule has 5 nitrogen and oxygen atoms in total. The third-order valence-corrected chi connectivity index (χ3v) is 5.81. The molecule has 0 aromatic heterocycles. The van der Waals surface area contributed by atoms with E-state index in [1.807, 2.05) is 6.92 Å². The van der Waals surface area contributed by atoms with Crippen molar-refractivity contribution in [2.75, 3.05) is 19.7 Å². The van der Waals surface area contributed by atoms with Gasteiger partial charge in [0, 0.05) is 35.9 Å². The van der Waals surface area contributed by atoms with Gasteiger partial charge in [0.1, 0.15) is 17.6 Å². The number of carbonyl (C=O) groups is 1. The third kappa shape index (κ3) is 4.69. The largest absolute Gasteiger partial charge is 0.494 e. The second-order valence-electron chi connectivity index (χ2n) is 7.98. The van der Waals surface area contributed by atoms with Crippen LogP contribution in [0.1, 0.15) is 56.6 Å². The van der Waals surface area contributed by atoms with E-state index in [1.54, 1.807) is 0 Å². The highest BCUT2D eigenvalue weighted by Crippen LogP contribution is 2.48. The quantitative estimate of drug-likeness (QED) is 0.745. The van der Waals surface area contributed by atoms with Crippen molar-refractivity contribution in [2.24, 2.45) is 5.92 Å². The van der Waals surface area contributed by atoms with E-state index in [1.165, 1.54) is 17.5 Å². The zero-order valence-corrected chi connectivity index (χ0v) is 17.1. The van der Waals surface area contributed by atoms with Crippen LogP contribution < -0.4 is 20.1 Å². The van der Waals surface area contributed by atoms with E-state index in [9.17, 15) is 4.79 Å². The zero-order chi connectivity index (χ0) is 18.1. The number of rotatable bonds is 7. The maximum absolute atomic E-state index is 12.3. The van der Waals surface area contributed by atoms with Crippen LogP contribution in [0, 0.1) is 5.92 Å². The molecule has 1 saturated carbocycles. The first kappa shape index (κ1) is 20.3. The van der Waals surface area contributed by atoms with E-state index in [-0.39, 0.29) is 30.5 Å². The average molecular weight is 395 g/mol. The van der Waals surface area contributed by atoms with Crippen LogP contribution >= 0.6 is 12.4 Å². The molecule has 1 aromatic rings. The highest BCUT2D eigenvalue weighted by molar-refractivity contribution is 5.85. The molecular weight excluding hydrogens is 364 g/mol. The lowest BCUT2D eigenvalue weighted by atomic mass is 10.0. The molecule has 4 atom stereocenters. The summed E-state index contributed by atoms with van der Waals surface area (Å²) in [7, 11) is 0. The maximum atomic E-state index is 12.3. The Balaban J connectivity index is 0.00000210. The second kappa shape index (κ2) is 8.70. The lowest BCUT2D eigenvalue weighted by Gasteiger charge is -2.13. The van der Waals surface area contributed by atoms with E-state index >= 15 is 0 Å². The van der Waals surface area contributed by atoms with Gasteiger partial charge >= 0.3 is 0 Å². The predicted molar refractivity (Wildman–Crippen MR) is 108 cm³/mol. The van der Waals surface area contributed by atoms with Crippen molar-refractivity contribution >= 4 is 18.3 Å². The van der Waals surface area contributed by atoms with Gasteiger partial charge in [-0.05, 0) is 64.3 Å². The molecule has 0 bridgehead atoms. The second-order valence-corrected chi connectivity index (χ2v) is 7.98. The Kier molecular flexibility index (Phi) is 6.53. The number of hydrogen-bond donors (Lipinski definition) is 2. The third-order valence-electron chi connectivity index (χ3n) is 5.81. The number of nitrogens with one attached hydrogen (secondary N) is 2. The monoisotopic (exact) mass is 394 g/mol. The highest BCUT2D eigenvalue weighted by atomic mass is 35.5. The Morgan fingerprint density at radius 3 is 3.00 bits per heavy atom. The first-order chi connectivity index (χ1) is 12.6. The van der Waals surface area contributed by atoms with Gasteiger partial charge in [0.05, 0.1) is 6.61 Å². The lowest BCUT2D eigenvalue weighted by molar-refractivity contribution is -0.121. The summed E-state index contributed by atoms with van der Waals surface area (Å²) in [5.74, 6) is 3.15. The molecule has 6 heteroatoms. The van der Waals surface area contributed by atoms with Crippen molar-refractivity contribution in [3.05, 3.63) is 23.3 Å². The Morgan fingerprint density at radius 2 is 2.26 bits per heavy atom. The molecule has 27 heavy (non-hydrogen) atoms. The van der Waals surface area contributed by atoms with Gasteiger partial charge in [0.25, 0.3) is 0 Å². The van der Waals surface area contributed by atoms with Crippen LogP contribution in [0.5, 0.6) is 11.5 Å². The summed E-state index contributed by atoms with van der Waals surface area (Å²) in [5.41, 5.74) is 2.42. The minimum atomic E-state index is 0. The molecule has 4 rings (SSSR count). The summed E-state index contributed by atoms with van der Waals surface area (Å²) >= 11 is 0. The topological polar surface area (TPSA) is 59.6 Å². The molecule has 2 heterocycles. The molecule has 1 amide bonds. The van der Waals surface area contributed by atoms with Crippen molar-refractivity contribution in [1.29, 1.82) is 0 Å². The van der Waals surface area contributed by atoms with Gasteiger partial charge in [-0.2, -0.15) is 0 Å². The summed E-state index contributed by atoms with van der Waals surface area (Å²) < 4.78 is 11.8. The van der Waals surface area contributed by atoms with E-state index in [0.29, 0.717) is 24.9 Å². The fourth-order valence-electron chi connectivity index (χ4n) is 4.30. The standard InChI is InChI=1S/C21H30N2O3.ClH/c1-3-25-20-9-15-8-13(2)26-19(15)11-17(20)16-10-18(16)23-21(24)5-4-14-6-7-22-12-14;/h9,11,13-14,16,18,22H,3-8,10,12H2,1-2H3,(H,23,24);1H. The van der Waals surface area contributed by atoms with Crippen LogP contribution in [0.25, 0.3) is 0 Å². The molecule has 1 saturated heterocycles. The molecule has 150 valence electrons. The molecule has 3 aliphatic rings. The SMILES string of the molecule is CCOc1cc2c(cc1C1CC1NC(=O)CCC1CCNC1)OC(C)C2.Cl. The van der Waals surface area contributed by atoms with Gasteiger partial charge in [-0.1, -0.05) is 0 Å². The van der Waals surface area contributed by atoms with Crippen LogP contribution in [-0.2, 0) is 11.2 Å². The van der Waals surface area contributed by atoms with Crippen LogP contribution in [0.4, 0.5) is 0 Å². The smallest absolute Gasteiger partial charge is 0.220 e. The Bertz CT molecular complexity index is 676. The fraction of sp³-hybridized carbons (Fsp3) is 0.667. The van der Waals surface area contributed by atoms with Gasteiger partial charge in [0.2, 0.25) is 5.91 Å². The van der Waals surface area contributed by atoms with Crippen LogP contribution in [-0.4, -0.2) is 37.7 Å². The van der Waals surface area contributed by atoms with E-state index in [0.717, 1.165) is 43.9 Å². The van der Waals surface area contributed by atoms with Gasteiger partial charge in [-0.15, -0.1) is 12.4 Å². The summed E-state index contributed by atoms with van der Waals surface area (Å²) in [5, 5.41) is 6.58. The number of benzene rings is 1. The first-order valence-electron chi connectivity index (χ1n) is 10.1. The number of amides is 1.